The molecule has 0 unspecified atom stereocenters. The molecule has 0 amide bonds. The first-order valence-corrected chi connectivity index (χ1v) is 6.09. The Hall–Kier alpha value is -2.10. The van der Waals surface area contributed by atoms with Crippen LogP contribution in [0.1, 0.15) is 35.9 Å². The minimum atomic E-state index is -0.519. The molecule has 0 aliphatic rings. The van der Waals surface area contributed by atoms with Gasteiger partial charge in [-0.25, -0.2) is 4.79 Å². The fourth-order valence-corrected chi connectivity index (χ4v) is 1.98. The molecule has 0 saturated heterocycles. The van der Waals surface area contributed by atoms with E-state index >= 15 is 0 Å². The van der Waals surface area contributed by atoms with Gasteiger partial charge in [-0.05, 0) is 6.07 Å². The van der Waals surface area contributed by atoms with Crippen LogP contribution in [0.3, 0.4) is 0 Å². The molecular weight excluding hydrogens is 242 g/mol. The predicted molar refractivity (Wildman–Crippen MR) is 73.4 cm³/mol. The molecule has 0 aliphatic heterocycles. The van der Waals surface area contributed by atoms with E-state index in [1.165, 1.54) is 11.7 Å². The topological polar surface area (TPSA) is 48.3 Å². The Balaban J connectivity index is 2.70. The summed E-state index contributed by atoms with van der Waals surface area (Å²) in [5, 5.41) is 0.729. The molecule has 1 heterocycles. The maximum absolute atomic E-state index is 12.4. The molecule has 100 valence electrons. The lowest BCUT2D eigenvalue weighted by atomic mass is 9.95. The zero-order chi connectivity index (χ0) is 14.2. The molecule has 0 spiro atoms. The number of hydrogen-bond acceptors (Lipinski definition) is 3. The van der Waals surface area contributed by atoms with E-state index in [1.807, 2.05) is 45.0 Å². The van der Waals surface area contributed by atoms with Gasteiger partial charge in [0.15, 0.2) is 0 Å². The van der Waals surface area contributed by atoms with Crippen LogP contribution in [0.5, 0.6) is 0 Å². The van der Waals surface area contributed by atoms with Crippen molar-refractivity contribution in [3.63, 3.8) is 0 Å². The van der Waals surface area contributed by atoms with Gasteiger partial charge in [0.05, 0.1) is 18.2 Å². The molecule has 19 heavy (non-hydrogen) atoms. The van der Waals surface area contributed by atoms with Crippen molar-refractivity contribution in [2.75, 3.05) is 7.11 Å². The van der Waals surface area contributed by atoms with Crippen molar-refractivity contribution in [2.45, 2.75) is 20.8 Å². The number of para-hydroxylation sites is 1. The van der Waals surface area contributed by atoms with Crippen LogP contribution in [0.2, 0.25) is 0 Å². The highest BCUT2D eigenvalue weighted by Gasteiger charge is 2.26. The zero-order valence-electron chi connectivity index (χ0n) is 11.6. The molecule has 0 aliphatic carbocycles. The van der Waals surface area contributed by atoms with E-state index in [-0.39, 0.29) is 5.91 Å². The van der Waals surface area contributed by atoms with Gasteiger partial charge in [-0.3, -0.25) is 9.36 Å². The van der Waals surface area contributed by atoms with Crippen LogP contribution in [0.4, 0.5) is 0 Å². The third-order valence-electron chi connectivity index (χ3n) is 2.98. The largest absolute Gasteiger partial charge is 0.465 e. The Labute approximate surface area is 112 Å². The number of methoxy groups -OCH3 is 1. The predicted octanol–water partition coefficient (Wildman–Crippen LogP) is 3.11. The Morgan fingerprint density at radius 3 is 2.37 bits per heavy atom. The third-order valence-corrected chi connectivity index (χ3v) is 2.98. The molecule has 2 rings (SSSR count). The fraction of sp³-hybridized carbons (Fsp3) is 0.333. The number of esters is 1. The summed E-state index contributed by atoms with van der Waals surface area (Å²) in [4.78, 5) is 24.2. The number of benzene rings is 1. The van der Waals surface area contributed by atoms with Crippen LogP contribution >= 0.6 is 0 Å². The summed E-state index contributed by atoms with van der Waals surface area (Å²) in [6, 6.07) is 7.32. The Kier molecular flexibility index (Phi) is 3.18. The van der Waals surface area contributed by atoms with Crippen LogP contribution < -0.4 is 0 Å². The van der Waals surface area contributed by atoms with Crippen LogP contribution in [0.15, 0.2) is 30.5 Å². The lowest BCUT2D eigenvalue weighted by molar-refractivity contribution is 0.0603. The molecule has 4 heteroatoms. The van der Waals surface area contributed by atoms with Crippen LogP contribution in [0.25, 0.3) is 10.9 Å². The normalized spacial score (nSPS) is 11.6. The van der Waals surface area contributed by atoms with Crippen molar-refractivity contribution >= 4 is 22.8 Å². The number of aromatic nitrogens is 1. The summed E-state index contributed by atoms with van der Waals surface area (Å²) in [5.41, 5.74) is 0.619. The Bertz CT molecular complexity index is 647. The van der Waals surface area contributed by atoms with Gasteiger partial charge in [0.1, 0.15) is 0 Å². The van der Waals surface area contributed by atoms with E-state index in [0.29, 0.717) is 5.56 Å². The van der Waals surface area contributed by atoms with E-state index in [9.17, 15) is 9.59 Å². The molecule has 0 radical (unpaired) electrons. The molecule has 0 fully saturated rings. The van der Waals surface area contributed by atoms with Gasteiger partial charge in [-0.1, -0.05) is 39.0 Å². The standard InChI is InChI=1S/C15H17NO3/c1-15(2,3)14(18)16-9-11(13(17)19-4)10-7-5-6-8-12(10)16/h5-9H,1-4H3. The maximum Gasteiger partial charge on any atom is 0.340 e. The highest BCUT2D eigenvalue weighted by molar-refractivity contribution is 6.07. The van der Waals surface area contributed by atoms with Crippen molar-refractivity contribution < 1.29 is 14.3 Å². The smallest absolute Gasteiger partial charge is 0.340 e. The minimum Gasteiger partial charge on any atom is -0.465 e. The third kappa shape index (κ3) is 2.26. The van der Waals surface area contributed by atoms with Crippen molar-refractivity contribution in [3.05, 3.63) is 36.0 Å². The minimum absolute atomic E-state index is 0.0566. The molecule has 0 bridgehead atoms. The average molecular weight is 259 g/mol. The van der Waals surface area contributed by atoms with E-state index in [0.717, 1.165) is 10.9 Å². The highest BCUT2D eigenvalue weighted by atomic mass is 16.5. The summed E-state index contributed by atoms with van der Waals surface area (Å²) >= 11 is 0. The summed E-state index contributed by atoms with van der Waals surface area (Å²) < 4.78 is 6.29. The van der Waals surface area contributed by atoms with Gasteiger partial charge >= 0.3 is 5.97 Å². The molecule has 0 saturated carbocycles. The SMILES string of the molecule is COC(=O)c1cn(C(=O)C(C)(C)C)c2ccccc12. The first kappa shape index (κ1) is 13.3. The summed E-state index contributed by atoms with van der Waals surface area (Å²) in [5.74, 6) is -0.490. The fourth-order valence-electron chi connectivity index (χ4n) is 1.98. The van der Waals surface area contributed by atoms with Gasteiger partial charge in [0, 0.05) is 17.0 Å². The number of hydrogen-bond donors (Lipinski definition) is 0. The van der Waals surface area contributed by atoms with Gasteiger partial charge in [-0.2, -0.15) is 0 Å². The molecular formula is C15H17NO3. The van der Waals surface area contributed by atoms with Gasteiger partial charge in [0.25, 0.3) is 0 Å². The maximum atomic E-state index is 12.4. The number of nitrogens with zero attached hydrogens (tertiary/aromatic N) is 1. The molecule has 0 atom stereocenters. The van der Waals surface area contributed by atoms with Gasteiger partial charge < -0.3 is 4.74 Å². The molecule has 2 aromatic rings. The van der Waals surface area contributed by atoms with E-state index in [1.54, 1.807) is 6.20 Å². The van der Waals surface area contributed by atoms with Crippen LogP contribution in [-0.2, 0) is 4.74 Å². The second-order valence-corrected chi connectivity index (χ2v) is 5.48. The Morgan fingerprint density at radius 1 is 1.16 bits per heavy atom. The number of rotatable bonds is 1. The molecule has 0 N–H and O–H groups in total. The van der Waals surface area contributed by atoms with Crippen LogP contribution in [-0.4, -0.2) is 23.6 Å². The number of fused-ring (bicyclic) bond motifs is 1. The lowest BCUT2D eigenvalue weighted by Gasteiger charge is -2.17. The quantitative estimate of drug-likeness (QED) is 0.739. The van der Waals surface area contributed by atoms with Gasteiger partial charge in [-0.15, -0.1) is 0 Å². The number of carbonyl (C=O) groups excluding carboxylic acids is 2. The first-order chi connectivity index (χ1) is 8.86. The first-order valence-electron chi connectivity index (χ1n) is 6.09. The van der Waals surface area contributed by atoms with E-state index in [2.05, 4.69) is 0 Å². The zero-order valence-corrected chi connectivity index (χ0v) is 11.6. The Morgan fingerprint density at radius 2 is 1.79 bits per heavy atom. The van der Waals surface area contributed by atoms with Gasteiger partial charge in [0.2, 0.25) is 5.91 Å². The van der Waals surface area contributed by atoms with Crippen molar-refractivity contribution in [3.8, 4) is 0 Å². The average Bonchev–Trinajstić information content (AvgIpc) is 2.75. The number of carbonyl (C=O) groups is 2. The summed E-state index contributed by atoms with van der Waals surface area (Å²) in [7, 11) is 1.33. The molecule has 1 aromatic carbocycles. The monoisotopic (exact) mass is 259 g/mol. The highest BCUT2D eigenvalue weighted by Crippen LogP contribution is 2.26. The number of ether oxygens (including phenoxy) is 1. The van der Waals surface area contributed by atoms with Crippen LogP contribution in [0, 0.1) is 5.41 Å². The second kappa shape index (κ2) is 4.53. The van der Waals surface area contributed by atoms with Crippen molar-refractivity contribution in [1.82, 2.24) is 4.57 Å². The van der Waals surface area contributed by atoms with Crippen molar-refractivity contribution in [2.24, 2.45) is 5.41 Å². The second-order valence-electron chi connectivity index (χ2n) is 5.48. The molecule has 1 aromatic heterocycles. The van der Waals surface area contributed by atoms with Crippen molar-refractivity contribution in [1.29, 1.82) is 0 Å². The summed E-state index contributed by atoms with van der Waals surface area (Å²) in [6.45, 7) is 5.55. The van der Waals surface area contributed by atoms with E-state index in [4.69, 9.17) is 4.74 Å². The summed E-state index contributed by atoms with van der Waals surface area (Å²) in [6.07, 6.45) is 1.56. The molecule has 4 nitrogen and oxygen atoms in total. The lowest BCUT2D eigenvalue weighted by Crippen LogP contribution is -2.26. The van der Waals surface area contributed by atoms with E-state index < -0.39 is 11.4 Å².